The molecule has 4 rings (SSSR count). The van der Waals surface area contributed by atoms with Gasteiger partial charge in [0.15, 0.2) is 11.5 Å². The molecular formula is C18H18N2O3. The van der Waals surface area contributed by atoms with Gasteiger partial charge in [-0.1, -0.05) is 12.1 Å². The molecule has 5 heteroatoms. The number of hydrogen-bond acceptors (Lipinski definition) is 4. The number of carbonyl (C=O) groups excluding carboxylic acids is 1. The second-order valence-corrected chi connectivity index (χ2v) is 5.83. The molecule has 0 radical (unpaired) electrons. The van der Waals surface area contributed by atoms with Gasteiger partial charge in [0.25, 0.3) is 5.91 Å². The molecule has 2 atom stereocenters. The predicted octanol–water partition coefficient (Wildman–Crippen LogP) is 2.59. The van der Waals surface area contributed by atoms with Crippen molar-refractivity contribution < 1.29 is 14.3 Å². The second kappa shape index (κ2) is 5.91. The Balaban J connectivity index is 1.53. The number of carbonyl (C=O) groups is 1. The third kappa shape index (κ3) is 2.63. The van der Waals surface area contributed by atoms with Crippen molar-refractivity contribution in [3.8, 4) is 11.5 Å². The third-order valence-corrected chi connectivity index (χ3v) is 4.41. The molecule has 2 aliphatic rings. The number of pyridine rings is 1. The molecule has 2 aromatic rings. The van der Waals surface area contributed by atoms with Gasteiger partial charge < -0.3 is 14.4 Å². The second-order valence-electron chi connectivity index (χ2n) is 5.83. The molecule has 2 aliphatic heterocycles. The van der Waals surface area contributed by atoms with Crippen molar-refractivity contribution in [3.05, 3.63) is 54.4 Å². The van der Waals surface area contributed by atoms with Crippen LogP contribution in [0.2, 0.25) is 0 Å². The van der Waals surface area contributed by atoms with Crippen LogP contribution in [0.3, 0.4) is 0 Å². The number of likely N-dealkylation sites (tertiary alicyclic amines) is 1. The molecule has 1 aromatic carbocycles. The summed E-state index contributed by atoms with van der Waals surface area (Å²) in [5, 5.41) is 0. The lowest BCUT2D eigenvalue weighted by atomic mass is 10.1. The fraction of sp³-hybridized carbons (Fsp3) is 0.333. The first-order valence-electron chi connectivity index (χ1n) is 7.92. The van der Waals surface area contributed by atoms with Crippen LogP contribution in [0.5, 0.6) is 11.5 Å². The van der Waals surface area contributed by atoms with E-state index in [1.54, 1.807) is 12.4 Å². The zero-order chi connectivity index (χ0) is 15.6. The van der Waals surface area contributed by atoms with E-state index in [4.69, 9.17) is 9.47 Å². The number of ether oxygens (including phenoxy) is 2. The van der Waals surface area contributed by atoms with Gasteiger partial charge in [0.1, 0.15) is 6.61 Å². The Kier molecular flexibility index (Phi) is 3.61. The SMILES string of the molecule is O=C([C@@H]1COc2ccccc2O1)N1CCC[C@H]1c1ccncc1. The number of fused-ring (bicyclic) bond motifs is 1. The minimum atomic E-state index is -0.577. The molecule has 1 aromatic heterocycles. The molecule has 5 nitrogen and oxygen atoms in total. The normalized spacial score (nSPS) is 22.9. The van der Waals surface area contributed by atoms with E-state index in [1.807, 2.05) is 41.3 Å². The van der Waals surface area contributed by atoms with E-state index in [1.165, 1.54) is 0 Å². The maximum absolute atomic E-state index is 12.9. The van der Waals surface area contributed by atoms with Crippen LogP contribution in [0.15, 0.2) is 48.8 Å². The molecule has 0 bridgehead atoms. The summed E-state index contributed by atoms with van der Waals surface area (Å²) in [6, 6.07) is 11.5. The predicted molar refractivity (Wildman–Crippen MR) is 84.3 cm³/mol. The highest BCUT2D eigenvalue weighted by Gasteiger charge is 2.37. The molecule has 0 unspecified atom stereocenters. The molecule has 1 saturated heterocycles. The van der Waals surface area contributed by atoms with Crippen molar-refractivity contribution >= 4 is 5.91 Å². The number of amides is 1. The lowest BCUT2D eigenvalue weighted by Gasteiger charge is -2.31. The molecular weight excluding hydrogens is 292 g/mol. The van der Waals surface area contributed by atoms with E-state index in [0.29, 0.717) is 11.5 Å². The van der Waals surface area contributed by atoms with Gasteiger partial charge in [-0.15, -0.1) is 0 Å². The van der Waals surface area contributed by atoms with Crippen molar-refractivity contribution in [1.29, 1.82) is 0 Å². The number of nitrogens with zero attached hydrogens (tertiary/aromatic N) is 2. The Labute approximate surface area is 134 Å². The quantitative estimate of drug-likeness (QED) is 0.855. The van der Waals surface area contributed by atoms with Gasteiger partial charge in [-0.05, 0) is 42.7 Å². The number of aromatic nitrogens is 1. The van der Waals surface area contributed by atoms with Crippen LogP contribution in [0.1, 0.15) is 24.4 Å². The number of benzene rings is 1. The lowest BCUT2D eigenvalue weighted by molar-refractivity contribution is -0.142. The zero-order valence-corrected chi connectivity index (χ0v) is 12.7. The fourth-order valence-corrected chi connectivity index (χ4v) is 3.29. The number of para-hydroxylation sites is 2. The van der Waals surface area contributed by atoms with Crippen molar-refractivity contribution in [2.24, 2.45) is 0 Å². The molecule has 0 spiro atoms. The molecule has 0 aliphatic carbocycles. The Morgan fingerprint density at radius 2 is 1.91 bits per heavy atom. The first kappa shape index (κ1) is 14.1. The lowest BCUT2D eigenvalue weighted by Crippen LogP contribution is -2.46. The minimum Gasteiger partial charge on any atom is -0.485 e. The highest BCUT2D eigenvalue weighted by molar-refractivity contribution is 5.82. The highest BCUT2D eigenvalue weighted by Crippen LogP contribution is 2.35. The maximum Gasteiger partial charge on any atom is 0.267 e. The van der Waals surface area contributed by atoms with Gasteiger partial charge in [0.2, 0.25) is 6.10 Å². The van der Waals surface area contributed by atoms with Crippen LogP contribution >= 0.6 is 0 Å². The first-order valence-corrected chi connectivity index (χ1v) is 7.92. The minimum absolute atomic E-state index is 0.00110. The van der Waals surface area contributed by atoms with Crippen LogP contribution in [0, 0.1) is 0 Å². The summed E-state index contributed by atoms with van der Waals surface area (Å²) in [7, 11) is 0. The van der Waals surface area contributed by atoms with Crippen molar-refractivity contribution in [2.75, 3.05) is 13.2 Å². The Hall–Kier alpha value is -2.56. The van der Waals surface area contributed by atoms with E-state index < -0.39 is 6.10 Å². The van der Waals surface area contributed by atoms with Gasteiger partial charge in [-0.2, -0.15) is 0 Å². The average Bonchev–Trinajstić information content (AvgIpc) is 3.11. The van der Waals surface area contributed by atoms with Gasteiger partial charge in [0, 0.05) is 18.9 Å². The smallest absolute Gasteiger partial charge is 0.267 e. The van der Waals surface area contributed by atoms with Gasteiger partial charge >= 0.3 is 0 Å². The fourth-order valence-electron chi connectivity index (χ4n) is 3.29. The van der Waals surface area contributed by atoms with Gasteiger partial charge in [0.05, 0.1) is 6.04 Å². The summed E-state index contributed by atoms with van der Waals surface area (Å²) in [5.41, 5.74) is 1.13. The molecule has 3 heterocycles. The van der Waals surface area contributed by atoms with E-state index in [2.05, 4.69) is 4.98 Å². The Morgan fingerprint density at radius 1 is 1.13 bits per heavy atom. The largest absolute Gasteiger partial charge is 0.485 e. The molecule has 1 amide bonds. The van der Waals surface area contributed by atoms with E-state index in [-0.39, 0.29) is 18.6 Å². The number of rotatable bonds is 2. The molecule has 23 heavy (non-hydrogen) atoms. The summed E-state index contributed by atoms with van der Waals surface area (Å²) in [6.07, 6.45) is 4.94. The summed E-state index contributed by atoms with van der Waals surface area (Å²) >= 11 is 0. The topological polar surface area (TPSA) is 51.7 Å². The van der Waals surface area contributed by atoms with Crippen LogP contribution in [-0.2, 0) is 4.79 Å². The number of hydrogen-bond donors (Lipinski definition) is 0. The average molecular weight is 310 g/mol. The standard InChI is InChI=1S/C18H18N2O3/c21-18(17-12-22-15-5-1-2-6-16(15)23-17)20-11-3-4-14(20)13-7-9-19-10-8-13/h1-2,5-10,14,17H,3-4,11-12H2/t14-,17-/m0/s1. The first-order chi connectivity index (χ1) is 11.3. The highest BCUT2D eigenvalue weighted by atomic mass is 16.6. The van der Waals surface area contributed by atoms with Crippen LogP contribution in [0.25, 0.3) is 0 Å². The van der Waals surface area contributed by atoms with Crippen molar-refractivity contribution in [2.45, 2.75) is 25.0 Å². The summed E-state index contributed by atoms with van der Waals surface area (Å²) in [4.78, 5) is 18.9. The zero-order valence-electron chi connectivity index (χ0n) is 12.7. The summed E-state index contributed by atoms with van der Waals surface area (Å²) < 4.78 is 11.5. The molecule has 0 N–H and O–H groups in total. The molecule has 118 valence electrons. The van der Waals surface area contributed by atoms with Gasteiger partial charge in [-0.3, -0.25) is 9.78 Å². The Bertz CT molecular complexity index is 704. The van der Waals surface area contributed by atoms with E-state index >= 15 is 0 Å². The van der Waals surface area contributed by atoms with E-state index in [0.717, 1.165) is 24.9 Å². The van der Waals surface area contributed by atoms with Crippen LogP contribution in [-0.4, -0.2) is 35.0 Å². The van der Waals surface area contributed by atoms with Crippen molar-refractivity contribution in [1.82, 2.24) is 9.88 Å². The van der Waals surface area contributed by atoms with Crippen LogP contribution in [0.4, 0.5) is 0 Å². The maximum atomic E-state index is 12.9. The molecule has 1 fully saturated rings. The Morgan fingerprint density at radius 3 is 2.74 bits per heavy atom. The van der Waals surface area contributed by atoms with Crippen LogP contribution < -0.4 is 9.47 Å². The van der Waals surface area contributed by atoms with E-state index in [9.17, 15) is 4.79 Å². The molecule has 0 saturated carbocycles. The summed E-state index contributed by atoms with van der Waals surface area (Å²) in [6.45, 7) is 1.02. The summed E-state index contributed by atoms with van der Waals surface area (Å²) in [5.74, 6) is 1.33. The third-order valence-electron chi connectivity index (χ3n) is 4.41. The van der Waals surface area contributed by atoms with Crippen molar-refractivity contribution in [3.63, 3.8) is 0 Å². The van der Waals surface area contributed by atoms with Gasteiger partial charge in [-0.25, -0.2) is 0 Å². The monoisotopic (exact) mass is 310 g/mol.